The van der Waals surface area contributed by atoms with Crippen LogP contribution in [0.2, 0.25) is 0 Å². The van der Waals surface area contributed by atoms with E-state index in [-0.39, 0.29) is 17.7 Å². The number of benzene rings is 1. The SMILES string of the molecule is COc1ccc(-c2nnc(SCC(=O)N3CCN(C(=O)C(=O)NC(C)C)CC3)o2)cc1. The predicted molar refractivity (Wildman–Crippen MR) is 113 cm³/mol. The van der Waals surface area contributed by atoms with Gasteiger partial charge in [0, 0.05) is 37.8 Å². The lowest BCUT2D eigenvalue weighted by molar-refractivity contribution is -0.148. The van der Waals surface area contributed by atoms with E-state index in [2.05, 4.69) is 15.5 Å². The molecule has 1 fully saturated rings. The summed E-state index contributed by atoms with van der Waals surface area (Å²) in [6.45, 7) is 4.99. The predicted octanol–water partition coefficient (Wildman–Crippen LogP) is 1.03. The highest BCUT2D eigenvalue weighted by molar-refractivity contribution is 7.99. The number of ether oxygens (including phenoxy) is 1. The number of nitrogens with one attached hydrogen (secondary N) is 1. The van der Waals surface area contributed by atoms with Gasteiger partial charge in [-0.05, 0) is 38.1 Å². The van der Waals surface area contributed by atoms with Crippen molar-refractivity contribution in [2.45, 2.75) is 25.1 Å². The van der Waals surface area contributed by atoms with Crippen molar-refractivity contribution in [1.82, 2.24) is 25.3 Å². The summed E-state index contributed by atoms with van der Waals surface area (Å²) in [5, 5.41) is 10.9. The number of thioether (sulfide) groups is 1. The van der Waals surface area contributed by atoms with Crippen LogP contribution in [0.4, 0.5) is 0 Å². The van der Waals surface area contributed by atoms with Gasteiger partial charge in [-0.25, -0.2) is 0 Å². The van der Waals surface area contributed by atoms with E-state index in [4.69, 9.17) is 9.15 Å². The molecule has 10 nitrogen and oxygen atoms in total. The highest BCUT2D eigenvalue weighted by atomic mass is 32.2. The molecule has 0 atom stereocenters. The van der Waals surface area contributed by atoms with Crippen LogP contribution in [-0.4, -0.2) is 82.8 Å². The first kappa shape index (κ1) is 22.6. The summed E-state index contributed by atoms with van der Waals surface area (Å²) >= 11 is 1.16. The fourth-order valence-corrected chi connectivity index (χ4v) is 3.63. The average Bonchev–Trinajstić information content (AvgIpc) is 3.25. The number of aromatic nitrogens is 2. The number of carbonyl (C=O) groups is 3. The summed E-state index contributed by atoms with van der Waals surface area (Å²) in [5.74, 6) is -0.0314. The molecule has 0 radical (unpaired) electrons. The van der Waals surface area contributed by atoms with Crippen LogP contribution >= 0.6 is 11.8 Å². The van der Waals surface area contributed by atoms with E-state index >= 15 is 0 Å². The Morgan fingerprint density at radius 1 is 1.10 bits per heavy atom. The summed E-state index contributed by atoms with van der Waals surface area (Å²) in [4.78, 5) is 39.6. The number of amides is 3. The number of methoxy groups -OCH3 is 1. The zero-order chi connectivity index (χ0) is 22.4. The molecule has 2 heterocycles. The Morgan fingerprint density at radius 3 is 2.35 bits per heavy atom. The van der Waals surface area contributed by atoms with E-state index in [1.165, 1.54) is 4.90 Å². The first-order chi connectivity index (χ1) is 14.9. The van der Waals surface area contributed by atoms with Gasteiger partial charge in [-0.15, -0.1) is 10.2 Å². The molecule has 3 amide bonds. The van der Waals surface area contributed by atoms with Crippen molar-refractivity contribution in [2.75, 3.05) is 39.0 Å². The Labute approximate surface area is 184 Å². The number of nitrogens with zero attached hydrogens (tertiary/aromatic N) is 4. The van der Waals surface area contributed by atoms with Crippen LogP contribution in [0.3, 0.4) is 0 Å². The monoisotopic (exact) mass is 447 g/mol. The number of hydrogen-bond acceptors (Lipinski definition) is 8. The van der Waals surface area contributed by atoms with Crippen molar-refractivity contribution in [1.29, 1.82) is 0 Å². The molecule has 11 heteroatoms. The van der Waals surface area contributed by atoms with Gasteiger partial charge in [0.1, 0.15) is 5.75 Å². The molecule has 0 saturated carbocycles. The van der Waals surface area contributed by atoms with Crippen molar-refractivity contribution in [3.05, 3.63) is 24.3 Å². The van der Waals surface area contributed by atoms with Crippen LogP contribution in [0, 0.1) is 0 Å². The van der Waals surface area contributed by atoms with E-state index in [0.29, 0.717) is 37.3 Å². The Bertz CT molecular complexity index is 922. The average molecular weight is 448 g/mol. The molecule has 1 saturated heterocycles. The molecule has 1 aromatic heterocycles. The van der Waals surface area contributed by atoms with Gasteiger partial charge < -0.3 is 24.3 Å². The molecule has 0 spiro atoms. The number of piperazine rings is 1. The molecule has 1 aliphatic rings. The van der Waals surface area contributed by atoms with E-state index < -0.39 is 11.8 Å². The zero-order valence-corrected chi connectivity index (χ0v) is 18.5. The van der Waals surface area contributed by atoms with Gasteiger partial charge in [0.25, 0.3) is 5.22 Å². The lowest BCUT2D eigenvalue weighted by Crippen LogP contribution is -2.54. The maximum Gasteiger partial charge on any atom is 0.312 e. The second-order valence-corrected chi connectivity index (χ2v) is 8.12. The molecule has 1 N–H and O–H groups in total. The fourth-order valence-electron chi connectivity index (χ4n) is 2.96. The lowest BCUT2D eigenvalue weighted by atomic mass is 10.2. The third-order valence-corrected chi connectivity index (χ3v) is 5.40. The number of carbonyl (C=O) groups excluding carboxylic acids is 3. The van der Waals surface area contributed by atoms with Gasteiger partial charge in [0.2, 0.25) is 11.8 Å². The molecular formula is C20H25N5O5S. The zero-order valence-electron chi connectivity index (χ0n) is 17.7. The third kappa shape index (κ3) is 5.97. The maximum absolute atomic E-state index is 12.5. The van der Waals surface area contributed by atoms with E-state index in [1.807, 2.05) is 12.1 Å². The largest absolute Gasteiger partial charge is 0.497 e. The molecule has 1 aromatic carbocycles. The smallest absolute Gasteiger partial charge is 0.312 e. The quantitative estimate of drug-likeness (QED) is 0.515. The second kappa shape index (κ2) is 10.3. The Morgan fingerprint density at radius 2 is 1.74 bits per heavy atom. The van der Waals surface area contributed by atoms with Gasteiger partial charge >= 0.3 is 11.8 Å². The fraction of sp³-hybridized carbons (Fsp3) is 0.450. The number of rotatable bonds is 6. The van der Waals surface area contributed by atoms with Crippen LogP contribution in [-0.2, 0) is 14.4 Å². The van der Waals surface area contributed by atoms with Crippen molar-refractivity contribution in [3.63, 3.8) is 0 Å². The van der Waals surface area contributed by atoms with Crippen molar-refractivity contribution in [3.8, 4) is 17.2 Å². The van der Waals surface area contributed by atoms with Crippen molar-refractivity contribution >= 4 is 29.5 Å². The van der Waals surface area contributed by atoms with Crippen LogP contribution in [0.1, 0.15) is 13.8 Å². The molecule has 0 unspecified atom stereocenters. The molecule has 1 aliphatic heterocycles. The van der Waals surface area contributed by atoms with Crippen molar-refractivity contribution in [2.24, 2.45) is 0 Å². The van der Waals surface area contributed by atoms with E-state index in [9.17, 15) is 14.4 Å². The molecule has 31 heavy (non-hydrogen) atoms. The summed E-state index contributed by atoms with van der Waals surface area (Å²) in [6, 6.07) is 7.12. The summed E-state index contributed by atoms with van der Waals surface area (Å²) < 4.78 is 10.7. The third-order valence-electron chi connectivity index (χ3n) is 4.60. The van der Waals surface area contributed by atoms with Crippen molar-refractivity contribution < 1.29 is 23.5 Å². The number of hydrogen-bond donors (Lipinski definition) is 1. The van der Waals surface area contributed by atoms with Crippen LogP contribution in [0.15, 0.2) is 33.9 Å². The van der Waals surface area contributed by atoms with E-state index in [1.54, 1.807) is 38.0 Å². The first-order valence-electron chi connectivity index (χ1n) is 9.85. The molecule has 166 valence electrons. The van der Waals surface area contributed by atoms with Crippen LogP contribution in [0.5, 0.6) is 5.75 Å². The maximum atomic E-state index is 12.5. The van der Waals surface area contributed by atoms with Crippen LogP contribution < -0.4 is 10.1 Å². The van der Waals surface area contributed by atoms with Gasteiger partial charge in [-0.3, -0.25) is 14.4 Å². The summed E-state index contributed by atoms with van der Waals surface area (Å²) in [6.07, 6.45) is 0. The standard InChI is InChI=1S/C20H25N5O5S/c1-13(2)21-17(27)19(28)25-10-8-24(9-11-25)16(26)12-31-20-23-22-18(30-20)14-4-6-15(29-3)7-5-14/h4-7,13H,8-12H2,1-3H3,(H,21,27). The highest BCUT2D eigenvalue weighted by Crippen LogP contribution is 2.25. The summed E-state index contributed by atoms with van der Waals surface area (Å²) in [5.41, 5.74) is 0.758. The second-order valence-electron chi connectivity index (χ2n) is 7.19. The lowest BCUT2D eigenvalue weighted by Gasteiger charge is -2.34. The van der Waals surface area contributed by atoms with Gasteiger partial charge in [-0.2, -0.15) is 0 Å². The molecule has 0 bridgehead atoms. The minimum atomic E-state index is -0.616. The summed E-state index contributed by atoms with van der Waals surface area (Å²) in [7, 11) is 1.59. The van der Waals surface area contributed by atoms with Crippen LogP contribution in [0.25, 0.3) is 11.5 Å². The molecule has 2 aromatic rings. The first-order valence-corrected chi connectivity index (χ1v) is 10.8. The molecule has 0 aliphatic carbocycles. The topological polar surface area (TPSA) is 118 Å². The Hall–Kier alpha value is -3.08. The highest BCUT2D eigenvalue weighted by Gasteiger charge is 2.28. The normalized spacial score (nSPS) is 13.9. The molecular weight excluding hydrogens is 422 g/mol. The van der Waals surface area contributed by atoms with E-state index in [0.717, 1.165) is 23.1 Å². The minimum Gasteiger partial charge on any atom is -0.497 e. The Balaban J connectivity index is 1.46. The Kier molecular flexibility index (Phi) is 7.50. The van der Waals surface area contributed by atoms with Gasteiger partial charge in [0.15, 0.2) is 0 Å². The molecule has 3 rings (SSSR count). The minimum absolute atomic E-state index is 0.0899. The van der Waals surface area contributed by atoms with Gasteiger partial charge in [-0.1, -0.05) is 11.8 Å². The van der Waals surface area contributed by atoms with Gasteiger partial charge in [0.05, 0.1) is 12.9 Å².